The quantitative estimate of drug-likeness (QED) is 0.874. The van der Waals surface area contributed by atoms with Gasteiger partial charge in [0.25, 0.3) is 0 Å². The van der Waals surface area contributed by atoms with Crippen LogP contribution in [0.4, 0.5) is 0 Å². The highest BCUT2D eigenvalue weighted by Gasteiger charge is 2.29. The molecule has 1 aliphatic rings. The molecule has 1 unspecified atom stereocenters. The van der Waals surface area contributed by atoms with Gasteiger partial charge in [0.15, 0.2) is 0 Å². The van der Waals surface area contributed by atoms with Crippen molar-refractivity contribution >= 4 is 0 Å². The summed E-state index contributed by atoms with van der Waals surface area (Å²) in [4.78, 5) is 4.13. The van der Waals surface area contributed by atoms with E-state index >= 15 is 0 Å². The Morgan fingerprint density at radius 1 is 1.39 bits per heavy atom. The molecule has 3 heteroatoms. The fraction of sp³-hybridized carbons (Fsp3) is 0.400. The fourth-order valence-electron chi connectivity index (χ4n) is 2.33. The van der Waals surface area contributed by atoms with Crippen LogP contribution in [0.1, 0.15) is 30.0 Å². The van der Waals surface area contributed by atoms with Gasteiger partial charge in [0.2, 0.25) is 0 Å². The average molecular weight is 241 g/mol. The molecule has 0 aromatic carbocycles. The molecule has 3 nitrogen and oxygen atoms in total. The molecular weight excluding hydrogens is 222 g/mol. The van der Waals surface area contributed by atoms with E-state index < -0.39 is 0 Å². The molecule has 0 saturated heterocycles. The SMILES string of the molecule is NC(c1ccn(CCc2cccnc2)c1)C1CC1. The maximum absolute atomic E-state index is 6.20. The zero-order chi connectivity index (χ0) is 12.4. The van der Waals surface area contributed by atoms with Crippen molar-refractivity contribution in [2.45, 2.75) is 31.8 Å². The Hall–Kier alpha value is -1.61. The van der Waals surface area contributed by atoms with Gasteiger partial charge in [0.05, 0.1) is 0 Å². The zero-order valence-corrected chi connectivity index (χ0v) is 10.5. The number of hydrogen-bond acceptors (Lipinski definition) is 2. The molecule has 0 bridgehead atoms. The number of aromatic nitrogens is 2. The van der Waals surface area contributed by atoms with E-state index in [1.807, 2.05) is 18.5 Å². The second-order valence-electron chi connectivity index (χ2n) is 5.16. The van der Waals surface area contributed by atoms with Gasteiger partial charge in [-0.25, -0.2) is 0 Å². The van der Waals surface area contributed by atoms with Gasteiger partial charge in [-0.2, -0.15) is 0 Å². The van der Waals surface area contributed by atoms with E-state index in [-0.39, 0.29) is 6.04 Å². The summed E-state index contributed by atoms with van der Waals surface area (Å²) in [6, 6.07) is 6.50. The molecule has 1 atom stereocenters. The lowest BCUT2D eigenvalue weighted by Crippen LogP contribution is -2.11. The van der Waals surface area contributed by atoms with E-state index in [1.165, 1.54) is 24.0 Å². The summed E-state index contributed by atoms with van der Waals surface area (Å²) >= 11 is 0. The van der Waals surface area contributed by atoms with Crippen molar-refractivity contribution in [2.24, 2.45) is 11.7 Å². The van der Waals surface area contributed by atoms with Gasteiger partial charge in [0.1, 0.15) is 0 Å². The molecule has 0 spiro atoms. The summed E-state index contributed by atoms with van der Waals surface area (Å²) in [7, 11) is 0. The van der Waals surface area contributed by atoms with Crippen molar-refractivity contribution in [1.82, 2.24) is 9.55 Å². The van der Waals surface area contributed by atoms with Gasteiger partial charge >= 0.3 is 0 Å². The van der Waals surface area contributed by atoms with E-state index in [0.717, 1.165) is 18.9 Å². The van der Waals surface area contributed by atoms with Gasteiger partial charge in [-0.15, -0.1) is 0 Å². The Labute approximate surface area is 108 Å². The summed E-state index contributed by atoms with van der Waals surface area (Å²) in [6.07, 6.45) is 11.7. The Bertz CT molecular complexity index is 499. The normalized spacial score (nSPS) is 16.7. The van der Waals surface area contributed by atoms with Gasteiger partial charge in [0, 0.05) is 37.4 Å². The molecule has 2 heterocycles. The second-order valence-corrected chi connectivity index (χ2v) is 5.16. The van der Waals surface area contributed by atoms with E-state index in [4.69, 9.17) is 5.73 Å². The lowest BCUT2D eigenvalue weighted by molar-refractivity contribution is 0.626. The smallest absolute Gasteiger partial charge is 0.0338 e. The van der Waals surface area contributed by atoms with Crippen LogP contribution in [0.3, 0.4) is 0 Å². The van der Waals surface area contributed by atoms with E-state index in [0.29, 0.717) is 0 Å². The van der Waals surface area contributed by atoms with Crippen molar-refractivity contribution in [2.75, 3.05) is 0 Å². The number of pyridine rings is 1. The third-order valence-electron chi connectivity index (χ3n) is 3.67. The van der Waals surface area contributed by atoms with Crippen molar-refractivity contribution in [3.63, 3.8) is 0 Å². The maximum Gasteiger partial charge on any atom is 0.0338 e. The third kappa shape index (κ3) is 2.62. The number of nitrogens with zero attached hydrogens (tertiary/aromatic N) is 2. The first kappa shape index (κ1) is 11.5. The molecule has 0 aliphatic heterocycles. The van der Waals surface area contributed by atoms with Crippen molar-refractivity contribution in [1.29, 1.82) is 0 Å². The maximum atomic E-state index is 6.20. The first-order valence-electron chi connectivity index (χ1n) is 6.63. The van der Waals surface area contributed by atoms with E-state index in [2.05, 4.69) is 34.1 Å². The van der Waals surface area contributed by atoms with Crippen LogP contribution in [0.15, 0.2) is 43.0 Å². The van der Waals surface area contributed by atoms with Crippen molar-refractivity contribution in [3.8, 4) is 0 Å². The number of hydrogen-bond donors (Lipinski definition) is 1. The molecular formula is C15H19N3. The molecule has 0 radical (unpaired) electrons. The van der Waals surface area contributed by atoms with Crippen LogP contribution < -0.4 is 5.73 Å². The highest BCUT2D eigenvalue weighted by atomic mass is 14.9. The minimum absolute atomic E-state index is 0.240. The van der Waals surface area contributed by atoms with Crippen LogP contribution in [-0.2, 0) is 13.0 Å². The average Bonchev–Trinajstić information content (AvgIpc) is 3.15. The molecule has 94 valence electrons. The van der Waals surface area contributed by atoms with Gasteiger partial charge in [-0.3, -0.25) is 4.98 Å². The fourth-order valence-corrected chi connectivity index (χ4v) is 2.33. The van der Waals surface area contributed by atoms with Crippen LogP contribution in [0, 0.1) is 5.92 Å². The second kappa shape index (κ2) is 4.94. The van der Waals surface area contributed by atoms with Gasteiger partial charge < -0.3 is 10.3 Å². The third-order valence-corrected chi connectivity index (χ3v) is 3.67. The minimum Gasteiger partial charge on any atom is -0.354 e. The molecule has 1 saturated carbocycles. The molecule has 2 aromatic heterocycles. The number of nitrogens with two attached hydrogens (primary N) is 1. The highest BCUT2D eigenvalue weighted by Crippen LogP contribution is 2.39. The number of aryl methyl sites for hydroxylation is 2. The largest absolute Gasteiger partial charge is 0.354 e. The number of rotatable bonds is 5. The van der Waals surface area contributed by atoms with Gasteiger partial charge in [-0.05, 0) is 48.4 Å². The Balaban J connectivity index is 1.60. The van der Waals surface area contributed by atoms with Crippen LogP contribution in [0.2, 0.25) is 0 Å². The predicted molar refractivity (Wildman–Crippen MR) is 72.0 cm³/mol. The lowest BCUT2D eigenvalue weighted by atomic mass is 10.1. The summed E-state index contributed by atoms with van der Waals surface area (Å²) in [6.45, 7) is 0.989. The van der Waals surface area contributed by atoms with Gasteiger partial charge in [-0.1, -0.05) is 6.07 Å². The molecule has 2 aromatic rings. The van der Waals surface area contributed by atoms with Crippen molar-refractivity contribution < 1.29 is 0 Å². The van der Waals surface area contributed by atoms with Crippen molar-refractivity contribution in [3.05, 3.63) is 54.1 Å². The summed E-state index contributed by atoms with van der Waals surface area (Å²) in [5, 5.41) is 0. The minimum atomic E-state index is 0.240. The zero-order valence-electron chi connectivity index (χ0n) is 10.5. The molecule has 0 amide bonds. The van der Waals surface area contributed by atoms with E-state index in [1.54, 1.807) is 0 Å². The molecule has 2 N–H and O–H groups in total. The molecule has 1 aliphatic carbocycles. The highest BCUT2D eigenvalue weighted by molar-refractivity contribution is 5.18. The predicted octanol–water partition coefficient (Wildman–Crippen LogP) is 2.54. The molecule has 18 heavy (non-hydrogen) atoms. The first-order chi connectivity index (χ1) is 8.83. The Kier molecular flexibility index (Phi) is 3.15. The summed E-state index contributed by atoms with van der Waals surface area (Å²) in [5.41, 5.74) is 8.76. The topological polar surface area (TPSA) is 43.8 Å². The van der Waals surface area contributed by atoms with Crippen LogP contribution in [0.5, 0.6) is 0 Å². The van der Waals surface area contributed by atoms with Crippen LogP contribution in [0.25, 0.3) is 0 Å². The lowest BCUT2D eigenvalue weighted by Gasteiger charge is -2.07. The Morgan fingerprint density at radius 2 is 2.28 bits per heavy atom. The molecule has 1 fully saturated rings. The molecule has 3 rings (SSSR count). The monoisotopic (exact) mass is 241 g/mol. The standard InChI is InChI=1S/C15H19N3/c16-15(13-3-4-13)14-6-9-18(11-14)8-5-12-2-1-7-17-10-12/h1-2,6-7,9-11,13,15H,3-5,8,16H2. The summed E-state index contributed by atoms with van der Waals surface area (Å²) < 4.78 is 2.23. The first-order valence-corrected chi connectivity index (χ1v) is 6.63. The Morgan fingerprint density at radius 3 is 3.00 bits per heavy atom. The van der Waals surface area contributed by atoms with Crippen LogP contribution in [-0.4, -0.2) is 9.55 Å². The van der Waals surface area contributed by atoms with Crippen LogP contribution >= 0.6 is 0 Å². The summed E-state index contributed by atoms with van der Waals surface area (Å²) in [5.74, 6) is 0.721. The van der Waals surface area contributed by atoms with E-state index in [9.17, 15) is 0 Å².